The monoisotopic (exact) mass is 321 g/mol. The number of nitrogen functional groups attached to an aromatic ring is 1. The number of sulfonamides is 1. The van der Waals surface area contributed by atoms with E-state index in [0.29, 0.717) is 0 Å². The topological polar surface area (TPSA) is 122 Å². The second-order valence-electron chi connectivity index (χ2n) is 4.92. The van der Waals surface area contributed by atoms with Crippen LogP contribution in [0.25, 0.3) is 0 Å². The van der Waals surface area contributed by atoms with E-state index in [4.69, 9.17) is 22.4 Å². The summed E-state index contributed by atoms with van der Waals surface area (Å²) < 4.78 is 26.9. The quantitative estimate of drug-likeness (QED) is 0.724. The molecule has 0 radical (unpaired) electrons. The average molecular weight is 322 g/mol. The lowest BCUT2D eigenvalue weighted by Crippen LogP contribution is -2.43. The molecule has 1 heterocycles. The number of hydrogen-bond acceptors (Lipinski definition) is 5. The highest BCUT2D eigenvalue weighted by Crippen LogP contribution is 2.23. The van der Waals surface area contributed by atoms with Gasteiger partial charge in [0, 0.05) is 18.2 Å². The summed E-state index contributed by atoms with van der Waals surface area (Å²) in [6, 6.07) is 1.19. The summed E-state index contributed by atoms with van der Waals surface area (Å²) in [6.45, 7) is 3.17. The van der Waals surface area contributed by atoms with E-state index in [2.05, 4.69) is 9.71 Å². The minimum Gasteiger partial charge on any atom is -0.481 e. The number of rotatable bonds is 6. The second kappa shape index (κ2) is 5.94. The van der Waals surface area contributed by atoms with Gasteiger partial charge in [-0.3, -0.25) is 4.79 Å². The van der Waals surface area contributed by atoms with E-state index >= 15 is 0 Å². The molecule has 20 heavy (non-hydrogen) atoms. The Morgan fingerprint density at radius 3 is 2.70 bits per heavy atom. The van der Waals surface area contributed by atoms with Gasteiger partial charge < -0.3 is 10.8 Å². The molecule has 1 aromatic heterocycles. The van der Waals surface area contributed by atoms with Crippen molar-refractivity contribution in [3.05, 3.63) is 17.3 Å². The molecule has 0 amide bonds. The zero-order chi connectivity index (χ0) is 15.6. The molecular formula is C11H16ClN3O4S. The van der Waals surface area contributed by atoms with E-state index in [9.17, 15) is 13.2 Å². The molecule has 0 unspecified atom stereocenters. The molecule has 1 rings (SSSR count). The standard InChI is InChI=1S/C11H16ClN3O4S/c1-11(2,4-3-9(16)17)15-20(18,19)8-5-7(12)6-14-10(8)13/h5-6,15H,3-4H2,1-2H3,(H2,13,14)(H,16,17). The first kappa shape index (κ1) is 16.7. The molecule has 7 nitrogen and oxygen atoms in total. The predicted molar refractivity (Wildman–Crippen MR) is 74.9 cm³/mol. The Morgan fingerprint density at radius 1 is 1.55 bits per heavy atom. The van der Waals surface area contributed by atoms with Crippen molar-refractivity contribution in [1.82, 2.24) is 9.71 Å². The molecule has 1 aromatic rings. The number of carboxylic acids is 1. The van der Waals surface area contributed by atoms with E-state index in [1.165, 1.54) is 12.3 Å². The van der Waals surface area contributed by atoms with Gasteiger partial charge in [-0.05, 0) is 26.3 Å². The van der Waals surface area contributed by atoms with Crippen LogP contribution < -0.4 is 10.5 Å². The van der Waals surface area contributed by atoms with Crippen LogP contribution in [0.15, 0.2) is 17.2 Å². The smallest absolute Gasteiger partial charge is 0.303 e. The molecule has 0 aromatic carbocycles. The van der Waals surface area contributed by atoms with Crippen LogP contribution in [0.1, 0.15) is 26.7 Å². The number of carboxylic acid groups (broad SMARTS) is 1. The Kier molecular flexibility index (Phi) is 4.95. The van der Waals surface area contributed by atoms with Crippen LogP contribution in [0.4, 0.5) is 5.82 Å². The number of aliphatic carboxylic acids is 1. The Balaban J connectivity index is 3.00. The number of nitrogens with zero attached hydrogens (tertiary/aromatic N) is 1. The fourth-order valence-electron chi connectivity index (χ4n) is 1.54. The summed E-state index contributed by atoms with van der Waals surface area (Å²) >= 11 is 5.71. The van der Waals surface area contributed by atoms with E-state index in [-0.39, 0.29) is 28.6 Å². The number of aromatic nitrogens is 1. The van der Waals surface area contributed by atoms with Crippen molar-refractivity contribution in [2.45, 2.75) is 37.1 Å². The van der Waals surface area contributed by atoms with Gasteiger partial charge in [0.1, 0.15) is 10.7 Å². The van der Waals surface area contributed by atoms with Crippen molar-refractivity contribution in [2.75, 3.05) is 5.73 Å². The number of nitrogens with two attached hydrogens (primary N) is 1. The second-order valence-corrected chi connectivity index (χ2v) is 7.01. The van der Waals surface area contributed by atoms with Crippen molar-refractivity contribution in [3.63, 3.8) is 0 Å². The summed E-state index contributed by atoms with van der Waals surface area (Å²) in [5.74, 6) is -1.17. The average Bonchev–Trinajstić information content (AvgIpc) is 2.28. The third-order valence-electron chi connectivity index (χ3n) is 2.51. The summed E-state index contributed by atoms with van der Waals surface area (Å²) in [6.07, 6.45) is 1.22. The Hall–Kier alpha value is -1.38. The molecule has 0 saturated carbocycles. The van der Waals surface area contributed by atoms with E-state index in [0.717, 1.165) is 0 Å². The number of pyridine rings is 1. The molecule has 0 fully saturated rings. The van der Waals surface area contributed by atoms with Crippen molar-refractivity contribution in [3.8, 4) is 0 Å². The van der Waals surface area contributed by atoms with Crippen LogP contribution in [-0.4, -0.2) is 30.0 Å². The molecule has 0 saturated heterocycles. The molecule has 0 aliphatic carbocycles. The first-order valence-electron chi connectivity index (χ1n) is 5.70. The highest BCUT2D eigenvalue weighted by atomic mass is 35.5. The minimum atomic E-state index is -3.93. The van der Waals surface area contributed by atoms with E-state index < -0.39 is 21.5 Å². The lowest BCUT2D eigenvalue weighted by atomic mass is 10.0. The van der Waals surface area contributed by atoms with Crippen LogP contribution in [0.3, 0.4) is 0 Å². The van der Waals surface area contributed by atoms with Gasteiger partial charge in [0.05, 0.1) is 5.02 Å². The zero-order valence-electron chi connectivity index (χ0n) is 11.1. The van der Waals surface area contributed by atoms with Crippen LogP contribution in [-0.2, 0) is 14.8 Å². The molecular weight excluding hydrogens is 306 g/mol. The molecule has 9 heteroatoms. The van der Waals surface area contributed by atoms with Gasteiger partial charge in [-0.25, -0.2) is 18.1 Å². The molecule has 0 aliphatic heterocycles. The summed E-state index contributed by atoms with van der Waals surface area (Å²) in [5.41, 5.74) is 4.60. The largest absolute Gasteiger partial charge is 0.481 e. The number of anilines is 1. The zero-order valence-corrected chi connectivity index (χ0v) is 12.6. The predicted octanol–water partition coefficient (Wildman–Crippen LogP) is 1.24. The number of hydrogen-bond donors (Lipinski definition) is 3. The highest BCUT2D eigenvalue weighted by Gasteiger charge is 2.28. The summed E-state index contributed by atoms with van der Waals surface area (Å²) in [4.78, 5) is 14.0. The van der Waals surface area contributed by atoms with Crippen LogP contribution in [0.5, 0.6) is 0 Å². The Morgan fingerprint density at radius 2 is 2.15 bits per heavy atom. The van der Waals surface area contributed by atoms with Crippen molar-refractivity contribution < 1.29 is 18.3 Å². The fourth-order valence-corrected chi connectivity index (χ4v) is 3.31. The maximum atomic E-state index is 12.2. The van der Waals surface area contributed by atoms with Crippen molar-refractivity contribution in [1.29, 1.82) is 0 Å². The molecule has 0 bridgehead atoms. The van der Waals surface area contributed by atoms with Gasteiger partial charge in [-0.1, -0.05) is 11.6 Å². The van der Waals surface area contributed by atoms with Gasteiger partial charge in [0.2, 0.25) is 10.0 Å². The van der Waals surface area contributed by atoms with Crippen molar-refractivity contribution >= 4 is 33.4 Å². The van der Waals surface area contributed by atoms with E-state index in [1.54, 1.807) is 13.8 Å². The maximum absolute atomic E-state index is 12.2. The van der Waals surface area contributed by atoms with Crippen LogP contribution in [0, 0.1) is 0 Å². The molecule has 0 spiro atoms. The minimum absolute atomic E-state index is 0.134. The lowest BCUT2D eigenvalue weighted by molar-refractivity contribution is -0.137. The van der Waals surface area contributed by atoms with Gasteiger partial charge in [-0.15, -0.1) is 0 Å². The first-order chi connectivity index (χ1) is 9.03. The summed E-state index contributed by atoms with van der Waals surface area (Å²) in [7, 11) is -3.93. The first-order valence-corrected chi connectivity index (χ1v) is 7.56. The van der Waals surface area contributed by atoms with Gasteiger partial charge >= 0.3 is 5.97 Å². The molecule has 112 valence electrons. The molecule has 0 atom stereocenters. The van der Waals surface area contributed by atoms with Gasteiger partial charge in [0.15, 0.2) is 0 Å². The molecule has 0 aliphatic rings. The highest BCUT2D eigenvalue weighted by molar-refractivity contribution is 7.89. The lowest BCUT2D eigenvalue weighted by Gasteiger charge is -2.25. The number of nitrogens with one attached hydrogen (secondary N) is 1. The number of carbonyl (C=O) groups is 1. The van der Waals surface area contributed by atoms with Crippen molar-refractivity contribution in [2.24, 2.45) is 0 Å². The number of halogens is 1. The Bertz CT molecular complexity index is 616. The molecule has 4 N–H and O–H groups in total. The van der Waals surface area contributed by atoms with Gasteiger partial charge in [-0.2, -0.15) is 0 Å². The van der Waals surface area contributed by atoms with E-state index in [1.807, 2.05) is 0 Å². The van der Waals surface area contributed by atoms with Crippen LogP contribution >= 0.6 is 11.6 Å². The third-order valence-corrected chi connectivity index (χ3v) is 4.45. The summed E-state index contributed by atoms with van der Waals surface area (Å²) in [5, 5.41) is 8.79. The Labute approximate surface area is 122 Å². The maximum Gasteiger partial charge on any atom is 0.303 e. The normalized spacial score (nSPS) is 12.3. The SMILES string of the molecule is CC(C)(CCC(=O)O)NS(=O)(=O)c1cc(Cl)cnc1N. The third kappa shape index (κ3) is 4.62. The fraction of sp³-hybridized carbons (Fsp3) is 0.455. The van der Waals surface area contributed by atoms with Crippen LogP contribution in [0.2, 0.25) is 5.02 Å². The van der Waals surface area contributed by atoms with Gasteiger partial charge in [0.25, 0.3) is 0 Å².